The van der Waals surface area contributed by atoms with Crippen molar-refractivity contribution in [2.45, 2.75) is 26.5 Å². The van der Waals surface area contributed by atoms with Gasteiger partial charge in [-0.15, -0.1) is 0 Å². The van der Waals surface area contributed by atoms with Crippen LogP contribution in [0.3, 0.4) is 0 Å². The monoisotopic (exact) mass is 678 g/mol. The number of carbonyl (C=O) groups is 2. The molecular weight excluding hydrogens is 648 g/mol. The van der Waals surface area contributed by atoms with Gasteiger partial charge in [-0.3, -0.25) is 9.36 Å². The third-order valence-corrected chi connectivity index (χ3v) is 8.82. The molecule has 0 saturated carbocycles. The Bertz CT molecular complexity index is 2170. The highest BCUT2D eigenvalue weighted by molar-refractivity contribution is 7.07. The van der Waals surface area contributed by atoms with E-state index in [0.717, 1.165) is 16.7 Å². The largest absolute Gasteiger partial charge is 0.489 e. The maximum Gasteiger partial charge on any atom is 0.338 e. The zero-order valence-corrected chi connectivity index (χ0v) is 27.8. The van der Waals surface area contributed by atoms with Gasteiger partial charge in [0.25, 0.3) is 5.56 Å². The van der Waals surface area contributed by atoms with E-state index in [1.165, 1.54) is 11.3 Å². The lowest BCUT2D eigenvalue weighted by Crippen LogP contribution is -2.40. The quantitative estimate of drug-likeness (QED) is 0.160. The summed E-state index contributed by atoms with van der Waals surface area (Å²) in [5, 5.41) is 0.534. The number of rotatable bonds is 10. The van der Waals surface area contributed by atoms with Crippen molar-refractivity contribution in [2.75, 3.05) is 13.2 Å². The first-order valence-corrected chi connectivity index (χ1v) is 16.6. The summed E-state index contributed by atoms with van der Waals surface area (Å²) >= 11 is 7.47. The predicted octanol–water partition coefficient (Wildman–Crippen LogP) is 6.34. The number of benzene rings is 4. The second-order valence-corrected chi connectivity index (χ2v) is 12.2. The SMILES string of the molecule is CCOC(=O)C1=C(c2ccccc2)N=c2s/c(=C\c3cccc(OCc4ccc(C(=O)OCC)cc4)c3)c(=O)n2[C@@H]1c1ccc(Cl)cc1. The van der Waals surface area contributed by atoms with Crippen LogP contribution in [0.5, 0.6) is 5.75 Å². The van der Waals surface area contributed by atoms with Gasteiger partial charge in [0.1, 0.15) is 12.4 Å². The molecular formula is C38H31ClN2O6S. The highest BCUT2D eigenvalue weighted by Gasteiger charge is 2.35. The van der Waals surface area contributed by atoms with Crippen molar-refractivity contribution in [1.29, 1.82) is 0 Å². The summed E-state index contributed by atoms with van der Waals surface area (Å²) in [6.45, 7) is 4.28. The van der Waals surface area contributed by atoms with Crippen molar-refractivity contribution in [3.8, 4) is 5.75 Å². The van der Waals surface area contributed by atoms with Crippen LogP contribution in [0.25, 0.3) is 11.8 Å². The number of ether oxygens (including phenoxy) is 3. The Hall–Kier alpha value is -5.25. The minimum Gasteiger partial charge on any atom is -0.489 e. The van der Waals surface area contributed by atoms with E-state index >= 15 is 0 Å². The molecule has 1 aliphatic rings. The van der Waals surface area contributed by atoms with E-state index in [2.05, 4.69) is 0 Å². The Morgan fingerprint density at radius 1 is 0.875 bits per heavy atom. The van der Waals surface area contributed by atoms with Crippen molar-refractivity contribution in [3.63, 3.8) is 0 Å². The second kappa shape index (κ2) is 14.7. The van der Waals surface area contributed by atoms with Gasteiger partial charge >= 0.3 is 11.9 Å². The molecule has 0 aliphatic carbocycles. The molecule has 0 unspecified atom stereocenters. The van der Waals surface area contributed by atoms with Crippen LogP contribution in [-0.4, -0.2) is 29.7 Å². The van der Waals surface area contributed by atoms with Crippen molar-refractivity contribution < 1.29 is 23.8 Å². The molecule has 0 spiro atoms. The molecule has 1 aliphatic heterocycles. The van der Waals surface area contributed by atoms with Crippen LogP contribution in [0.4, 0.5) is 0 Å². The molecule has 48 heavy (non-hydrogen) atoms. The van der Waals surface area contributed by atoms with Crippen LogP contribution < -0.4 is 19.6 Å². The number of halogens is 1. The summed E-state index contributed by atoms with van der Waals surface area (Å²) in [6, 6.07) is 30.2. The number of hydrogen-bond acceptors (Lipinski definition) is 8. The number of carbonyl (C=O) groups excluding carboxylic acids is 2. The molecule has 1 aromatic heterocycles. The minimum atomic E-state index is -0.792. The maximum absolute atomic E-state index is 14.2. The van der Waals surface area contributed by atoms with Gasteiger partial charge in [-0.25, -0.2) is 14.6 Å². The normalized spacial score (nSPS) is 14.2. The Morgan fingerprint density at radius 3 is 2.29 bits per heavy atom. The predicted molar refractivity (Wildman–Crippen MR) is 186 cm³/mol. The molecule has 10 heteroatoms. The van der Waals surface area contributed by atoms with Gasteiger partial charge in [-0.05, 0) is 73.0 Å². The van der Waals surface area contributed by atoms with E-state index in [1.807, 2.05) is 78.9 Å². The van der Waals surface area contributed by atoms with Gasteiger partial charge in [-0.1, -0.05) is 89.7 Å². The van der Waals surface area contributed by atoms with Gasteiger partial charge in [0, 0.05) is 10.6 Å². The summed E-state index contributed by atoms with van der Waals surface area (Å²) in [5.41, 5.74) is 3.99. The standard InChI is InChI=1S/C38H31ClN2O6S/c1-3-45-36(43)28-15-13-24(14-16-28)23-47-30-12-8-9-25(21-30)22-31-35(42)41-34(27-17-19-29(39)20-18-27)32(37(44)46-4-2)33(40-38(41)48-31)26-10-6-5-7-11-26/h5-22,34H,3-4,23H2,1-2H3/b31-22-/t34-/m1/s1. The van der Waals surface area contributed by atoms with Crippen molar-refractivity contribution >= 4 is 46.6 Å². The lowest BCUT2D eigenvalue weighted by atomic mass is 9.93. The average Bonchev–Trinajstić information content (AvgIpc) is 3.41. The van der Waals surface area contributed by atoms with E-state index in [0.29, 0.717) is 43.5 Å². The van der Waals surface area contributed by atoms with Gasteiger partial charge < -0.3 is 14.2 Å². The Labute approximate surface area is 285 Å². The molecule has 2 heterocycles. The molecule has 0 N–H and O–H groups in total. The fraction of sp³-hybridized carbons (Fsp3) is 0.158. The van der Waals surface area contributed by atoms with E-state index in [9.17, 15) is 14.4 Å². The molecule has 5 aromatic rings. The van der Waals surface area contributed by atoms with Crippen molar-refractivity contribution in [2.24, 2.45) is 4.99 Å². The third kappa shape index (κ3) is 7.02. The molecule has 0 fully saturated rings. The van der Waals surface area contributed by atoms with Crippen LogP contribution in [0.1, 0.15) is 52.5 Å². The van der Waals surface area contributed by atoms with Gasteiger partial charge in [0.05, 0.1) is 40.6 Å². The number of hydrogen-bond donors (Lipinski definition) is 0. The number of aromatic nitrogens is 1. The zero-order chi connectivity index (χ0) is 33.6. The smallest absolute Gasteiger partial charge is 0.338 e. The zero-order valence-electron chi connectivity index (χ0n) is 26.2. The topological polar surface area (TPSA) is 96.2 Å². The minimum absolute atomic E-state index is 0.166. The number of fused-ring (bicyclic) bond motifs is 1. The van der Waals surface area contributed by atoms with Crippen molar-refractivity contribution in [3.05, 3.63) is 161 Å². The first-order chi connectivity index (χ1) is 23.4. The van der Waals surface area contributed by atoms with Gasteiger partial charge in [-0.2, -0.15) is 0 Å². The average molecular weight is 679 g/mol. The summed E-state index contributed by atoms with van der Waals surface area (Å²) in [4.78, 5) is 45.1. The second-order valence-electron chi connectivity index (χ2n) is 10.8. The van der Waals surface area contributed by atoms with Crippen LogP contribution in [-0.2, 0) is 20.9 Å². The number of nitrogens with zero attached hydrogens (tertiary/aromatic N) is 2. The number of thiazole rings is 1. The summed E-state index contributed by atoms with van der Waals surface area (Å²) < 4.78 is 18.6. The highest BCUT2D eigenvalue weighted by Crippen LogP contribution is 2.35. The lowest BCUT2D eigenvalue weighted by Gasteiger charge is -2.25. The van der Waals surface area contributed by atoms with Gasteiger partial charge in [0.2, 0.25) is 0 Å². The molecule has 0 radical (unpaired) electrons. The maximum atomic E-state index is 14.2. The van der Waals surface area contributed by atoms with Crippen LogP contribution in [0.2, 0.25) is 5.02 Å². The molecule has 242 valence electrons. The molecule has 4 aromatic carbocycles. The van der Waals surface area contributed by atoms with E-state index in [-0.39, 0.29) is 30.3 Å². The van der Waals surface area contributed by atoms with E-state index < -0.39 is 12.0 Å². The van der Waals surface area contributed by atoms with Crippen LogP contribution in [0, 0.1) is 0 Å². The first-order valence-electron chi connectivity index (χ1n) is 15.4. The van der Waals surface area contributed by atoms with Gasteiger partial charge in [0.15, 0.2) is 4.80 Å². The first kappa shape index (κ1) is 32.7. The molecule has 6 rings (SSSR count). The van der Waals surface area contributed by atoms with Crippen LogP contribution >= 0.6 is 22.9 Å². The molecule has 0 bridgehead atoms. The fourth-order valence-corrected chi connectivity index (χ4v) is 6.49. The summed E-state index contributed by atoms with van der Waals surface area (Å²) in [7, 11) is 0. The van der Waals surface area contributed by atoms with Crippen LogP contribution in [0.15, 0.2) is 118 Å². The third-order valence-electron chi connectivity index (χ3n) is 7.59. The molecule has 0 saturated heterocycles. The Morgan fingerprint density at radius 2 is 1.58 bits per heavy atom. The Balaban J connectivity index is 1.38. The highest BCUT2D eigenvalue weighted by atomic mass is 35.5. The Kier molecular flexibility index (Phi) is 9.99. The van der Waals surface area contributed by atoms with E-state index in [1.54, 1.807) is 48.8 Å². The van der Waals surface area contributed by atoms with E-state index in [4.69, 9.17) is 30.8 Å². The molecule has 0 amide bonds. The van der Waals surface area contributed by atoms with Crippen molar-refractivity contribution in [1.82, 2.24) is 4.57 Å². The molecule has 1 atom stereocenters. The summed E-state index contributed by atoms with van der Waals surface area (Å²) in [5.74, 6) is -0.299. The fourth-order valence-electron chi connectivity index (χ4n) is 5.36. The number of esters is 2. The lowest BCUT2D eigenvalue weighted by molar-refractivity contribution is -0.138. The molecule has 8 nitrogen and oxygen atoms in total. The summed E-state index contributed by atoms with van der Waals surface area (Å²) in [6.07, 6.45) is 1.79.